The number of hydrogen-bond donors (Lipinski definition) is 0. The van der Waals surface area contributed by atoms with Gasteiger partial charge in [-0.15, -0.1) is 13.2 Å². The van der Waals surface area contributed by atoms with Crippen LogP contribution >= 0.6 is 34.2 Å². The molecule has 1 aromatic rings. The van der Waals surface area contributed by atoms with Gasteiger partial charge in [-0.25, -0.2) is 4.39 Å². The summed E-state index contributed by atoms with van der Waals surface area (Å²) >= 11 is 7.02. The third kappa shape index (κ3) is 3.16. The highest BCUT2D eigenvalue weighted by molar-refractivity contribution is 14.1. The summed E-state index contributed by atoms with van der Waals surface area (Å²) in [6, 6.07) is 1.65. The van der Waals surface area contributed by atoms with Crippen LogP contribution < -0.4 is 4.74 Å². The van der Waals surface area contributed by atoms with Gasteiger partial charge in [0.25, 0.3) is 0 Å². The van der Waals surface area contributed by atoms with Gasteiger partial charge in [-0.1, -0.05) is 11.6 Å². The molecule has 0 amide bonds. The van der Waals surface area contributed by atoms with E-state index in [2.05, 4.69) is 4.74 Å². The van der Waals surface area contributed by atoms with Crippen LogP contribution in [-0.4, -0.2) is 6.36 Å². The van der Waals surface area contributed by atoms with E-state index in [0.29, 0.717) is 6.07 Å². The minimum atomic E-state index is -4.87. The van der Waals surface area contributed by atoms with Crippen LogP contribution in [0.3, 0.4) is 0 Å². The van der Waals surface area contributed by atoms with Crippen LogP contribution in [0.4, 0.5) is 17.6 Å². The van der Waals surface area contributed by atoms with E-state index in [-0.39, 0.29) is 8.59 Å². The van der Waals surface area contributed by atoms with Crippen LogP contribution in [0.25, 0.3) is 0 Å². The highest BCUT2D eigenvalue weighted by Gasteiger charge is 2.32. The predicted octanol–water partition coefficient (Wildman–Crippen LogP) is 3.98. The van der Waals surface area contributed by atoms with Crippen LogP contribution in [0.1, 0.15) is 0 Å². The average molecular weight is 340 g/mol. The van der Waals surface area contributed by atoms with Gasteiger partial charge in [0.05, 0.1) is 8.59 Å². The Morgan fingerprint density at radius 2 is 1.86 bits per heavy atom. The summed E-state index contributed by atoms with van der Waals surface area (Å²) in [5.41, 5.74) is 0. The van der Waals surface area contributed by atoms with E-state index < -0.39 is 17.9 Å². The summed E-state index contributed by atoms with van der Waals surface area (Å²) in [6.45, 7) is 0. The molecule has 7 heteroatoms. The van der Waals surface area contributed by atoms with Crippen molar-refractivity contribution in [2.24, 2.45) is 0 Å². The molecule has 0 radical (unpaired) electrons. The first-order valence-electron chi connectivity index (χ1n) is 3.20. The molecule has 0 heterocycles. The Bertz CT molecular complexity index is 352. The first-order chi connectivity index (χ1) is 6.29. The molecule has 0 fully saturated rings. The maximum absolute atomic E-state index is 12.8. The number of rotatable bonds is 1. The van der Waals surface area contributed by atoms with E-state index in [1.54, 1.807) is 22.6 Å². The molecule has 1 nitrogen and oxygen atoms in total. The Balaban J connectivity index is 3.04. The SMILES string of the molecule is Fc1cc(OC(F)(F)F)c(Cl)cc1I. The second-order valence-corrected chi connectivity index (χ2v) is 3.81. The summed E-state index contributed by atoms with van der Waals surface area (Å²) in [5, 5.41) is -0.284. The highest BCUT2D eigenvalue weighted by Crippen LogP contribution is 2.32. The molecule has 0 aliphatic rings. The molecule has 0 spiro atoms. The van der Waals surface area contributed by atoms with E-state index in [1.807, 2.05) is 0 Å². The quantitative estimate of drug-likeness (QED) is 0.427. The number of ether oxygens (including phenoxy) is 1. The van der Waals surface area contributed by atoms with Gasteiger partial charge in [0.1, 0.15) is 5.82 Å². The van der Waals surface area contributed by atoms with Crippen molar-refractivity contribution >= 4 is 34.2 Å². The Kier molecular flexibility index (Phi) is 3.46. The smallest absolute Gasteiger partial charge is 0.404 e. The van der Waals surface area contributed by atoms with E-state index in [1.165, 1.54) is 0 Å². The third-order valence-electron chi connectivity index (χ3n) is 1.20. The van der Waals surface area contributed by atoms with Gasteiger partial charge in [0.2, 0.25) is 0 Å². The minimum absolute atomic E-state index is 0.127. The Morgan fingerprint density at radius 3 is 2.36 bits per heavy atom. The molecule has 1 aromatic carbocycles. The van der Waals surface area contributed by atoms with E-state index in [0.717, 1.165) is 6.07 Å². The lowest BCUT2D eigenvalue weighted by atomic mass is 10.3. The van der Waals surface area contributed by atoms with Crippen molar-refractivity contribution in [3.8, 4) is 5.75 Å². The molecule has 0 aromatic heterocycles. The molecule has 78 valence electrons. The standard InChI is InChI=1S/C7H2ClF4IO/c8-3-1-5(13)4(9)2-6(3)14-7(10,11)12/h1-2H. The Hall–Kier alpha value is -0.240. The predicted molar refractivity (Wildman–Crippen MR) is 50.8 cm³/mol. The van der Waals surface area contributed by atoms with Crippen molar-refractivity contribution in [2.75, 3.05) is 0 Å². The van der Waals surface area contributed by atoms with Crippen molar-refractivity contribution in [2.45, 2.75) is 6.36 Å². The molecule has 0 aliphatic heterocycles. The molecule has 0 saturated heterocycles. The number of halogens is 6. The molecule has 0 aliphatic carbocycles. The minimum Gasteiger partial charge on any atom is -0.404 e. The summed E-state index contributed by atoms with van der Waals surface area (Å²) in [4.78, 5) is 0. The van der Waals surface area contributed by atoms with Gasteiger partial charge in [0.15, 0.2) is 5.75 Å². The number of alkyl halides is 3. The van der Waals surface area contributed by atoms with Crippen molar-refractivity contribution in [1.29, 1.82) is 0 Å². The normalized spacial score (nSPS) is 11.6. The fourth-order valence-corrected chi connectivity index (χ4v) is 1.56. The van der Waals surface area contributed by atoms with Gasteiger partial charge in [0, 0.05) is 6.07 Å². The van der Waals surface area contributed by atoms with Crippen LogP contribution in [0.2, 0.25) is 5.02 Å². The molecule has 14 heavy (non-hydrogen) atoms. The Labute approximate surface area is 95.1 Å². The maximum atomic E-state index is 12.8. The molecule has 0 unspecified atom stereocenters. The lowest BCUT2D eigenvalue weighted by Crippen LogP contribution is -2.17. The van der Waals surface area contributed by atoms with E-state index in [9.17, 15) is 17.6 Å². The highest BCUT2D eigenvalue weighted by atomic mass is 127. The molecule has 0 atom stereocenters. The molecular formula is C7H2ClF4IO. The summed E-state index contributed by atoms with van der Waals surface area (Å²) < 4.78 is 51.7. The molecular weight excluding hydrogens is 338 g/mol. The lowest BCUT2D eigenvalue weighted by Gasteiger charge is -2.10. The fourth-order valence-electron chi connectivity index (χ4n) is 0.707. The third-order valence-corrected chi connectivity index (χ3v) is 2.32. The molecule has 0 bridgehead atoms. The summed E-state index contributed by atoms with van der Waals surface area (Å²) in [7, 11) is 0. The fraction of sp³-hybridized carbons (Fsp3) is 0.143. The average Bonchev–Trinajstić information content (AvgIpc) is 1.97. The topological polar surface area (TPSA) is 9.23 Å². The zero-order valence-electron chi connectivity index (χ0n) is 6.33. The van der Waals surface area contributed by atoms with Crippen molar-refractivity contribution in [3.05, 3.63) is 26.5 Å². The van der Waals surface area contributed by atoms with Gasteiger partial charge in [-0.2, -0.15) is 0 Å². The van der Waals surface area contributed by atoms with Gasteiger partial charge < -0.3 is 4.74 Å². The zero-order chi connectivity index (χ0) is 10.9. The van der Waals surface area contributed by atoms with Crippen LogP contribution in [-0.2, 0) is 0 Å². The van der Waals surface area contributed by atoms with Crippen molar-refractivity contribution < 1.29 is 22.3 Å². The second-order valence-electron chi connectivity index (χ2n) is 2.24. The van der Waals surface area contributed by atoms with E-state index in [4.69, 9.17) is 11.6 Å². The van der Waals surface area contributed by atoms with Crippen molar-refractivity contribution in [1.82, 2.24) is 0 Å². The monoisotopic (exact) mass is 340 g/mol. The Morgan fingerprint density at radius 1 is 1.29 bits per heavy atom. The van der Waals surface area contributed by atoms with Gasteiger partial charge in [-0.3, -0.25) is 0 Å². The van der Waals surface area contributed by atoms with Gasteiger partial charge in [-0.05, 0) is 28.7 Å². The number of benzene rings is 1. The second kappa shape index (κ2) is 4.09. The maximum Gasteiger partial charge on any atom is 0.573 e. The zero-order valence-corrected chi connectivity index (χ0v) is 9.24. The summed E-state index contributed by atoms with van der Waals surface area (Å²) in [6.07, 6.45) is -4.87. The van der Waals surface area contributed by atoms with E-state index >= 15 is 0 Å². The largest absolute Gasteiger partial charge is 0.573 e. The number of hydrogen-bond acceptors (Lipinski definition) is 1. The van der Waals surface area contributed by atoms with Crippen LogP contribution in [0.15, 0.2) is 12.1 Å². The van der Waals surface area contributed by atoms with Crippen molar-refractivity contribution in [3.63, 3.8) is 0 Å². The first kappa shape index (κ1) is 11.8. The summed E-state index contributed by atoms with van der Waals surface area (Å²) in [5.74, 6) is -1.55. The first-order valence-corrected chi connectivity index (χ1v) is 4.65. The molecule has 0 N–H and O–H groups in total. The lowest BCUT2D eigenvalue weighted by molar-refractivity contribution is -0.274. The molecule has 1 rings (SSSR count). The molecule has 0 saturated carbocycles. The van der Waals surface area contributed by atoms with Crippen LogP contribution in [0, 0.1) is 9.39 Å². The van der Waals surface area contributed by atoms with Gasteiger partial charge >= 0.3 is 6.36 Å². The van der Waals surface area contributed by atoms with Crippen LogP contribution in [0.5, 0.6) is 5.75 Å².